The zero-order valence-electron chi connectivity index (χ0n) is 15.6. The Morgan fingerprint density at radius 1 is 1.41 bits per heavy atom. The maximum atomic E-state index is 12.6. The van der Waals surface area contributed by atoms with Crippen LogP contribution in [0, 0.1) is 0 Å². The van der Waals surface area contributed by atoms with E-state index in [1.54, 1.807) is 6.08 Å². The Labute approximate surface area is 169 Å². The molecule has 158 valence electrons. The second-order valence-electron chi connectivity index (χ2n) is 6.25. The summed E-state index contributed by atoms with van der Waals surface area (Å²) < 4.78 is 47.2. The van der Waals surface area contributed by atoms with Gasteiger partial charge in [0.05, 0.1) is 23.4 Å². The molecule has 0 atom stereocenters. The van der Waals surface area contributed by atoms with E-state index in [-0.39, 0.29) is 11.8 Å². The van der Waals surface area contributed by atoms with Gasteiger partial charge in [-0.25, -0.2) is 9.78 Å². The predicted molar refractivity (Wildman–Crippen MR) is 105 cm³/mol. The molecule has 1 aromatic heterocycles. The molecular weight excluding hydrogens is 409 g/mol. The lowest BCUT2D eigenvalue weighted by Gasteiger charge is -2.29. The monoisotopic (exact) mass is 430 g/mol. The molecule has 0 spiro atoms. The molecule has 29 heavy (non-hydrogen) atoms. The number of ether oxygens (including phenoxy) is 2. The number of morpholine rings is 1. The third kappa shape index (κ3) is 6.05. The first-order chi connectivity index (χ1) is 13.9. The van der Waals surface area contributed by atoms with Gasteiger partial charge in [0, 0.05) is 38.8 Å². The standard InChI is InChI=1S/C18H21F3N4O3S/c1-2-5-22-16(26)25(7-6-24-8-10-27-11-9-24)17-23-14-4-3-13(12-15(14)29-17)28-18(19,20)21/h2-4,12H,1,5-11H2,(H,22,26). The van der Waals surface area contributed by atoms with Gasteiger partial charge in [-0.3, -0.25) is 9.80 Å². The van der Waals surface area contributed by atoms with Crippen molar-refractivity contribution in [1.29, 1.82) is 0 Å². The number of amides is 2. The van der Waals surface area contributed by atoms with Crippen LogP contribution in [0.4, 0.5) is 23.1 Å². The molecule has 0 unspecified atom stereocenters. The summed E-state index contributed by atoms with van der Waals surface area (Å²) in [6.45, 7) is 7.73. The van der Waals surface area contributed by atoms with E-state index < -0.39 is 6.36 Å². The number of nitrogens with one attached hydrogen (secondary N) is 1. The van der Waals surface area contributed by atoms with E-state index in [1.807, 2.05) is 0 Å². The van der Waals surface area contributed by atoms with Crippen LogP contribution < -0.4 is 15.0 Å². The van der Waals surface area contributed by atoms with Gasteiger partial charge in [0.1, 0.15) is 5.75 Å². The highest BCUT2D eigenvalue weighted by Crippen LogP contribution is 2.33. The van der Waals surface area contributed by atoms with Crippen LogP contribution >= 0.6 is 11.3 Å². The van der Waals surface area contributed by atoms with Crippen LogP contribution in [0.5, 0.6) is 5.75 Å². The molecule has 11 heteroatoms. The van der Waals surface area contributed by atoms with Gasteiger partial charge in [-0.15, -0.1) is 19.8 Å². The number of nitrogens with zero attached hydrogens (tertiary/aromatic N) is 3. The molecule has 1 aliphatic heterocycles. The number of hydrogen-bond donors (Lipinski definition) is 1. The summed E-state index contributed by atoms with van der Waals surface area (Å²) in [7, 11) is 0. The lowest BCUT2D eigenvalue weighted by Crippen LogP contribution is -2.46. The average Bonchev–Trinajstić information content (AvgIpc) is 3.09. The third-order valence-corrected chi connectivity index (χ3v) is 5.24. The number of fused-ring (bicyclic) bond motifs is 1. The summed E-state index contributed by atoms with van der Waals surface area (Å²) in [5, 5.41) is 3.13. The Bertz CT molecular complexity index is 852. The van der Waals surface area contributed by atoms with E-state index in [0.29, 0.717) is 48.2 Å². The summed E-state index contributed by atoms with van der Waals surface area (Å²) in [5.41, 5.74) is 0.493. The Balaban J connectivity index is 1.80. The van der Waals surface area contributed by atoms with E-state index in [0.717, 1.165) is 24.4 Å². The molecule has 7 nitrogen and oxygen atoms in total. The second-order valence-corrected chi connectivity index (χ2v) is 7.26. The van der Waals surface area contributed by atoms with Gasteiger partial charge in [0.25, 0.3) is 0 Å². The van der Waals surface area contributed by atoms with Crippen molar-refractivity contribution in [2.24, 2.45) is 0 Å². The molecule has 1 N–H and O–H groups in total. The number of anilines is 1. The maximum Gasteiger partial charge on any atom is 0.573 e. The molecule has 1 aromatic carbocycles. The quantitative estimate of drug-likeness (QED) is 0.684. The fourth-order valence-corrected chi connectivity index (χ4v) is 3.83. The Morgan fingerprint density at radius 3 is 2.86 bits per heavy atom. The van der Waals surface area contributed by atoms with E-state index >= 15 is 0 Å². The number of hydrogen-bond acceptors (Lipinski definition) is 6. The molecule has 2 aromatic rings. The van der Waals surface area contributed by atoms with Crippen molar-refractivity contribution < 1.29 is 27.4 Å². The predicted octanol–water partition coefficient (Wildman–Crippen LogP) is 3.23. The van der Waals surface area contributed by atoms with Gasteiger partial charge in [-0.05, 0) is 12.1 Å². The summed E-state index contributed by atoms with van der Waals surface area (Å²) in [6.07, 6.45) is -3.20. The minimum absolute atomic E-state index is 0.293. The molecule has 0 aliphatic carbocycles. The van der Waals surface area contributed by atoms with Gasteiger partial charge in [-0.1, -0.05) is 17.4 Å². The van der Waals surface area contributed by atoms with Crippen molar-refractivity contribution in [1.82, 2.24) is 15.2 Å². The van der Waals surface area contributed by atoms with Crippen molar-refractivity contribution in [3.05, 3.63) is 30.9 Å². The van der Waals surface area contributed by atoms with Gasteiger partial charge >= 0.3 is 12.4 Å². The minimum Gasteiger partial charge on any atom is -0.406 e. The van der Waals surface area contributed by atoms with Crippen LogP contribution in [0.1, 0.15) is 0 Å². The number of carbonyl (C=O) groups excluding carboxylic acids is 1. The van der Waals surface area contributed by atoms with Crippen LogP contribution in [-0.2, 0) is 4.74 Å². The minimum atomic E-state index is -4.77. The van der Waals surface area contributed by atoms with Crippen molar-refractivity contribution >= 4 is 32.7 Å². The lowest BCUT2D eigenvalue weighted by molar-refractivity contribution is -0.274. The smallest absolute Gasteiger partial charge is 0.406 e. The Kier molecular flexibility index (Phi) is 6.93. The van der Waals surface area contributed by atoms with Crippen molar-refractivity contribution in [2.45, 2.75) is 6.36 Å². The van der Waals surface area contributed by atoms with E-state index in [2.05, 4.69) is 26.5 Å². The number of thiazole rings is 1. The van der Waals surface area contributed by atoms with Crippen LogP contribution in [0.15, 0.2) is 30.9 Å². The number of urea groups is 1. The number of aromatic nitrogens is 1. The van der Waals surface area contributed by atoms with Crippen LogP contribution in [0.3, 0.4) is 0 Å². The molecular formula is C18H21F3N4O3S. The van der Waals surface area contributed by atoms with Gasteiger partial charge in [-0.2, -0.15) is 0 Å². The number of benzene rings is 1. The molecule has 1 fully saturated rings. The Morgan fingerprint density at radius 2 is 2.17 bits per heavy atom. The van der Waals surface area contributed by atoms with E-state index in [9.17, 15) is 18.0 Å². The van der Waals surface area contributed by atoms with Gasteiger partial charge in [0.15, 0.2) is 5.13 Å². The topological polar surface area (TPSA) is 66.9 Å². The molecule has 1 saturated heterocycles. The van der Waals surface area contributed by atoms with E-state index in [4.69, 9.17) is 4.74 Å². The maximum absolute atomic E-state index is 12.6. The average molecular weight is 430 g/mol. The van der Waals surface area contributed by atoms with Crippen molar-refractivity contribution in [2.75, 3.05) is 50.8 Å². The first-order valence-electron chi connectivity index (χ1n) is 8.98. The van der Waals surface area contributed by atoms with Gasteiger partial charge < -0.3 is 14.8 Å². The molecule has 0 bridgehead atoms. The summed E-state index contributed by atoms with van der Waals surface area (Å²) in [6, 6.07) is 3.57. The summed E-state index contributed by atoms with van der Waals surface area (Å²) in [5.74, 6) is -0.323. The Hall–Kier alpha value is -2.37. The largest absolute Gasteiger partial charge is 0.573 e. The number of carbonyl (C=O) groups is 1. The first-order valence-corrected chi connectivity index (χ1v) is 9.80. The van der Waals surface area contributed by atoms with Crippen molar-refractivity contribution in [3.63, 3.8) is 0 Å². The zero-order chi connectivity index (χ0) is 20.9. The highest BCUT2D eigenvalue weighted by Gasteiger charge is 2.31. The van der Waals surface area contributed by atoms with Crippen molar-refractivity contribution in [3.8, 4) is 5.75 Å². The summed E-state index contributed by atoms with van der Waals surface area (Å²) in [4.78, 5) is 20.7. The highest BCUT2D eigenvalue weighted by atomic mass is 32.1. The molecule has 1 aliphatic rings. The molecule has 0 radical (unpaired) electrons. The lowest BCUT2D eigenvalue weighted by atomic mass is 10.3. The van der Waals surface area contributed by atoms with Gasteiger partial charge in [0.2, 0.25) is 0 Å². The van der Waals surface area contributed by atoms with Crippen LogP contribution in [0.2, 0.25) is 0 Å². The molecule has 2 heterocycles. The second kappa shape index (κ2) is 9.42. The zero-order valence-corrected chi connectivity index (χ0v) is 16.4. The summed E-state index contributed by atoms with van der Waals surface area (Å²) >= 11 is 1.13. The van der Waals surface area contributed by atoms with E-state index in [1.165, 1.54) is 23.1 Å². The number of rotatable bonds is 7. The first kappa shape index (κ1) is 21.3. The molecule has 3 rings (SSSR count). The number of halogens is 3. The van der Waals surface area contributed by atoms with Crippen LogP contribution in [0.25, 0.3) is 10.2 Å². The molecule has 2 amide bonds. The normalized spacial score (nSPS) is 15.3. The highest BCUT2D eigenvalue weighted by molar-refractivity contribution is 7.22. The molecule has 0 saturated carbocycles. The SMILES string of the molecule is C=CCNC(=O)N(CCN1CCOCC1)c1nc2ccc(OC(F)(F)F)cc2s1. The number of alkyl halides is 3. The third-order valence-electron chi connectivity index (χ3n) is 4.20. The fraction of sp³-hybridized carbons (Fsp3) is 0.444. The fourth-order valence-electron chi connectivity index (χ4n) is 2.81. The van der Waals surface area contributed by atoms with Crippen LogP contribution in [-0.4, -0.2) is 68.2 Å².